The Morgan fingerprint density at radius 2 is 1.55 bits per heavy atom. The van der Waals surface area contributed by atoms with E-state index in [1.165, 1.54) is 49.0 Å². The third-order valence-electron chi connectivity index (χ3n) is 7.61. The minimum absolute atomic E-state index is 0.0143. The number of halogens is 4. The quantitative estimate of drug-likeness (QED) is 0.0621. The van der Waals surface area contributed by atoms with Crippen molar-refractivity contribution in [3.63, 3.8) is 0 Å². The molecule has 4 rings (SSSR count). The molecule has 0 atom stereocenters. The molecule has 0 fully saturated rings. The van der Waals surface area contributed by atoms with Gasteiger partial charge in [0.15, 0.2) is 17.4 Å². The van der Waals surface area contributed by atoms with Gasteiger partial charge < -0.3 is 19.1 Å². The Morgan fingerprint density at radius 3 is 2.13 bits per heavy atom. The van der Waals surface area contributed by atoms with Gasteiger partial charge in [0, 0.05) is 46.7 Å². The number of alkyl halides is 3. The molecular formula is C33H44F4N4O4Si2. The minimum Gasteiger partial charge on any atom is -0.384 e. The molecule has 8 nitrogen and oxygen atoms in total. The van der Waals surface area contributed by atoms with Gasteiger partial charge in [-0.2, -0.15) is 13.2 Å². The average Bonchev–Trinajstić information content (AvgIpc) is 3.53. The summed E-state index contributed by atoms with van der Waals surface area (Å²) in [5.41, 5.74) is -2.77. The normalized spacial score (nSPS) is 13.1. The van der Waals surface area contributed by atoms with Gasteiger partial charge in [0.1, 0.15) is 35.8 Å². The maximum absolute atomic E-state index is 16.1. The van der Waals surface area contributed by atoms with Gasteiger partial charge in [-0.25, -0.2) is 9.37 Å². The van der Waals surface area contributed by atoms with Crippen molar-refractivity contribution >= 4 is 33.0 Å². The zero-order valence-corrected chi connectivity index (χ0v) is 30.3. The number of fused-ring (bicyclic) bond motifs is 1. The zero-order chi connectivity index (χ0) is 34.9. The first-order valence-corrected chi connectivity index (χ1v) is 22.9. The lowest BCUT2D eigenvalue weighted by atomic mass is 9.99. The Bertz CT molecular complexity index is 1730. The highest BCUT2D eigenvalue weighted by Crippen LogP contribution is 2.35. The monoisotopic (exact) mass is 692 g/mol. The summed E-state index contributed by atoms with van der Waals surface area (Å²) >= 11 is 0. The Labute approximate surface area is 274 Å². The second-order valence-electron chi connectivity index (χ2n) is 14.7. The van der Waals surface area contributed by atoms with E-state index in [1.54, 1.807) is 4.57 Å². The molecule has 0 saturated carbocycles. The third kappa shape index (κ3) is 9.05. The van der Waals surface area contributed by atoms with Crippen molar-refractivity contribution < 1.29 is 36.9 Å². The van der Waals surface area contributed by atoms with E-state index in [1.807, 2.05) is 0 Å². The van der Waals surface area contributed by atoms with E-state index in [-0.39, 0.29) is 41.6 Å². The highest BCUT2D eigenvalue weighted by molar-refractivity contribution is 6.76. The Morgan fingerprint density at radius 1 is 0.957 bits per heavy atom. The fraction of sp³-hybridized carbons (Fsp3) is 0.485. The summed E-state index contributed by atoms with van der Waals surface area (Å²) < 4.78 is 72.8. The van der Waals surface area contributed by atoms with E-state index >= 15 is 4.39 Å². The van der Waals surface area contributed by atoms with E-state index in [4.69, 9.17) is 9.47 Å². The van der Waals surface area contributed by atoms with Crippen LogP contribution in [0.3, 0.4) is 0 Å². The maximum Gasteiger partial charge on any atom is 0.417 e. The fourth-order valence-corrected chi connectivity index (χ4v) is 6.44. The number of hydrogen-bond acceptors (Lipinski definition) is 6. The molecule has 0 amide bonds. The van der Waals surface area contributed by atoms with Crippen LogP contribution in [0.1, 0.15) is 41.0 Å². The molecule has 0 aliphatic carbocycles. The molecule has 0 radical (unpaired) electrons. The summed E-state index contributed by atoms with van der Waals surface area (Å²) in [6.07, 6.45) is -1.94. The maximum atomic E-state index is 16.1. The summed E-state index contributed by atoms with van der Waals surface area (Å²) in [6, 6.07) is 7.80. The fourth-order valence-electron chi connectivity index (χ4n) is 4.92. The number of carbonyl (C=O) groups excluding carboxylic acids is 1. The van der Waals surface area contributed by atoms with Gasteiger partial charge in [0.25, 0.3) is 0 Å². The molecule has 1 N–H and O–H groups in total. The number of ether oxygens (including phenoxy) is 2. The number of ketones is 1. The number of aromatic nitrogens is 4. The van der Waals surface area contributed by atoms with Crippen LogP contribution >= 0.6 is 0 Å². The zero-order valence-electron chi connectivity index (χ0n) is 28.3. The van der Waals surface area contributed by atoms with Crippen molar-refractivity contribution in [1.82, 2.24) is 19.1 Å². The predicted molar refractivity (Wildman–Crippen MR) is 179 cm³/mol. The molecule has 3 heterocycles. The number of benzene rings is 1. The molecule has 0 saturated heterocycles. The third-order valence-corrected chi connectivity index (χ3v) is 11.0. The van der Waals surface area contributed by atoms with Gasteiger partial charge in [0.05, 0.1) is 17.5 Å². The first-order chi connectivity index (χ1) is 21.7. The van der Waals surface area contributed by atoms with Gasteiger partial charge in [-0.1, -0.05) is 57.5 Å². The van der Waals surface area contributed by atoms with Crippen molar-refractivity contribution in [2.24, 2.45) is 0 Å². The Hall–Kier alpha value is -3.18. The summed E-state index contributed by atoms with van der Waals surface area (Å²) in [5, 5.41) is 10.6. The van der Waals surface area contributed by atoms with Crippen LogP contribution in [0.2, 0.25) is 51.4 Å². The number of rotatable bonds is 14. The standard InChI is InChI=1S/C33H44F4N4O4Si2/c1-32(2,43)30-27(34)28-25(18-38-30)39-31(41(28)21-45-14-16-47(6,7)8)26-17-22(19-40(26)20-44-13-15-46(3,4)5)29(42)23-11-9-10-12-24(23)33(35,36)37/h9-12,17-19,43H,13-16,20-21H2,1-8H3. The summed E-state index contributed by atoms with van der Waals surface area (Å²) in [5.74, 6) is -1.40. The molecule has 47 heavy (non-hydrogen) atoms. The molecule has 0 spiro atoms. The van der Waals surface area contributed by atoms with Gasteiger partial charge in [0.2, 0.25) is 0 Å². The van der Waals surface area contributed by atoms with Crippen LogP contribution in [0.15, 0.2) is 42.7 Å². The van der Waals surface area contributed by atoms with Crippen LogP contribution < -0.4 is 0 Å². The van der Waals surface area contributed by atoms with Crippen LogP contribution in [-0.4, -0.2) is 59.4 Å². The van der Waals surface area contributed by atoms with Gasteiger partial charge in [-0.05, 0) is 38.1 Å². The Kier molecular flexibility index (Phi) is 10.7. The van der Waals surface area contributed by atoms with E-state index in [2.05, 4.69) is 49.3 Å². The summed E-state index contributed by atoms with van der Waals surface area (Å²) in [4.78, 5) is 22.5. The molecule has 0 bridgehead atoms. The van der Waals surface area contributed by atoms with Crippen molar-refractivity contribution in [2.75, 3.05) is 13.2 Å². The lowest BCUT2D eigenvalue weighted by Gasteiger charge is -2.19. The number of imidazole rings is 1. The summed E-state index contributed by atoms with van der Waals surface area (Å²) in [7, 11) is -2.90. The second-order valence-corrected chi connectivity index (χ2v) is 26.0. The highest BCUT2D eigenvalue weighted by atomic mass is 28.3. The largest absolute Gasteiger partial charge is 0.417 e. The Balaban J connectivity index is 1.88. The van der Waals surface area contributed by atoms with Crippen LogP contribution in [0.4, 0.5) is 17.6 Å². The molecule has 3 aromatic heterocycles. The second kappa shape index (κ2) is 13.7. The smallest absolute Gasteiger partial charge is 0.384 e. The van der Waals surface area contributed by atoms with Gasteiger partial charge >= 0.3 is 6.18 Å². The number of carbonyl (C=O) groups is 1. The van der Waals surface area contributed by atoms with Crippen molar-refractivity contribution in [3.05, 3.63) is 70.9 Å². The first-order valence-electron chi connectivity index (χ1n) is 15.5. The lowest BCUT2D eigenvalue weighted by Crippen LogP contribution is -2.22. The average molecular weight is 693 g/mol. The minimum atomic E-state index is -4.73. The molecular weight excluding hydrogens is 649 g/mol. The molecule has 0 unspecified atom stereocenters. The lowest BCUT2D eigenvalue weighted by molar-refractivity contribution is -0.137. The van der Waals surface area contributed by atoms with E-state index in [0.29, 0.717) is 18.9 Å². The van der Waals surface area contributed by atoms with Crippen molar-refractivity contribution in [2.45, 2.75) is 90.5 Å². The van der Waals surface area contributed by atoms with Crippen molar-refractivity contribution in [1.29, 1.82) is 0 Å². The highest BCUT2D eigenvalue weighted by Gasteiger charge is 2.36. The van der Waals surface area contributed by atoms with E-state index in [9.17, 15) is 23.1 Å². The van der Waals surface area contributed by atoms with E-state index in [0.717, 1.165) is 24.2 Å². The molecule has 4 aromatic rings. The number of hydrogen-bond donors (Lipinski definition) is 1. The number of aliphatic hydroxyl groups is 1. The predicted octanol–water partition coefficient (Wildman–Crippen LogP) is 8.14. The van der Waals surface area contributed by atoms with Crippen molar-refractivity contribution in [3.8, 4) is 11.5 Å². The molecule has 0 aliphatic heterocycles. The SMILES string of the molecule is CC(C)(O)c1ncc2nc(-c3cc(C(=O)c4ccccc4C(F)(F)F)cn3COCC[Si](C)(C)C)n(COCC[Si](C)(C)C)c2c1F. The van der Waals surface area contributed by atoms with Crippen LogP contribution in [0, 0.1) is 5.82 Å². The van der Waals surface area contributed by atoms with Crippen LogP contribution in [0.5, 0.6) is 0 Å². The van der Waals surface area contributed by atoms with Gasteiger partial charge in [-0.15, -0.1) is 0 Å². The number of pyridine rings is 1. The van der Waals surface area contributed by atoms with Crippen LogP contribution in [-0.2, 0) is 34.7 Å². The topological polar surface area (TPSA) is 91.4 Å². The molecule has 1 aromatic carbocycles. The molecule has 256 valence electrons. The summed E-state index contributed by atoms with van der Waals surface area (Å²) in [6.45, 7) is 16.8. The molecule has 0 aliphatic rings. The first kappa shape index (κ1) is 36.7. The number of nitrogens with zero attached hydrogens (tertiary/aromatic N) is 4. The van der Waals surface area contributed by atoms with E-state index < -0.39 is 50.7 Å². The van der Waals surface area contributed by atoms with Gasteiger partial charge in [-0.3, -0.25) is 14.3 Å². The molecule has 14 heteroatoms. The van der Waals surface area contributed by atoms with Crippen LogP contribution in [0.25, 0.3) is 22.6 Å².